The minimum Gasteiger partial charge on any atom is -0.366 e. The fraction of sp³-hybridized carbons (Fsp3) is 0.0909. The normalized spacial score (nSPS) is 12.7. The van der Waals surface area contributed by atoms with Crippen molar-refractivity contribution in [3.05, 3.63) is 246 Å². The second kappa shape index (κ2) is 21.7. The molecule has 0 saturated heterocycles. The van der Waals surface area contributed by atoms with Crippen LogP contribution in [0.2, 0.25) is 0 Å². The van der Waals surface area contributed by atoms with Gasteiger partial charge in [-0.3, -0.25) is 11.8 Å². The topological polar surface area (TPSA) is 0 Å². The van der Waals surface area contributed by atoms with Gasteiger partial charge in [0.25, 0.3) is 0 Å². The van der Waals surface area contributed by atoms with Crippen molar-refractivity contribution in [2.45, 2.75) is 25.7 Å². The average Bonchev–Trinajstić information content (AvgIpc) is 3.86. The molecule has 0 heterocycles. The summed E-state index contributed by atoms with van der Waals surface area (Å²) in [5.41, 5.74) is 12.4. The molecule has 0 nitrogen and oxygen atoms in total. The molecular weight excluding hydrogens is 1030 g/mol. The van der Waals surface area contributed by atoms with E-state index in [0.29, 0.717) is 0 Å². The summed E-state index contributed by atoms with van der Waals surface area (Å²) >= 11 is 0. The van der Waals surface area contributed by atoms with Gasteiger partial charge in [-0.15, -0.1) is 35.4 Å². The molecule has 4 heteroatoms. The van der Waals surface area contributed by atoms with Crippen molar-refractivity contribution in [2.75, 3.05) is 5.90 Å². The zero-order valence-corrected chi connectivity index (χ0v) is 38.3. The predicted molar refractivity (Wildman–Crippen MR) is 248 cm³/mol. The first kappa shape index (κ1) is 44.0. The van der Waals surface area contributed by atoms with Crippen molar-refractivity contribution < 1.29 is 44.8 Å². The van der Waals surface area contributed by atoms with Crippen molar-refractivity contribution in [2.24, 2.45) is 0 Å². The Kier molecular flexibility index (Phi) is 16.2. The molecule has 7 aromatic carbocycles. The molecule has 0 bridgehead atoms. The Bertz CT molecular complexity index is 2600. The minimum atomic E-state index is -0.823. The van der Waals surface area contributed by atoms with Crippen molar-refractivity contribution in [1.29, 1.82) is 0 Å². The van der Waals surface area contributed by atoms with E-state index in [1.807, 2.05) is 18.2 Å². The van der Waals surface area contributed by atoms with Crippen molar-refractivity contribution >= 4 is 31.8 Å². The van der Waals surface area contributed by atoms with Crippen molar-refractivity contribution in [1.82, 2.24) is 0 Å². The van der Waals surface area contributed by atoms with E-state index in [0.717, 1.165) is 24.0 Å². The van der Waals surface area contributed by atoms with Gasteiger partial charge in [-0.25, -0.2) is 0 Å². The molecule has 0 saturated carbocycles. The molecule has 3 aliphatic carbocycles. The van der Waals surface area contributed by atoms with E-state index < -0.39 is 15.8 Å². The Morgan fingerprint density at radius 3 is 1.46 bits per heavy atom. The van der Waals surface area contributed by atoms with Crippen LogP contribution < -0.4 is 15.9 Å². The molecule has 0 radical (unpaired) electrons. The van der Waals surface area contributed by atoms with Crippen molar-refractivity contribution in [3.8, 4) is 34.1 Å². The maximum Gasteiger partial charge on any atom is 1.00 e. The number of allylic oxidation sites excluding steroid dienone is 4. The van der Waals surface area contributed by atoms with E-state index in [1.54, 1.807) is 5.31 Å². The van der Waals surface area contributed by atoms with Gasteiger partial charge in [-0.05, 0) is 113 Å². The molecular formula is C55H44AgAuP2+2. The van der Waals surface area contributed by atoms with E-state index in [-0.39, 0.29) is 44.8 Å². The SMILES string of the molecule is C1=CC([PH+](C[PH+](c2ccccc2)c2ccccc2)c2ccccc2)=CCC1.[Ag+].[Au+].[C-]#Cc1ccc2c(c1)-c1ccccc1C2.[C-]#Cc1ccc2c(c1)Cc1ccccc1-2. The third kappa shape index (κ3) is 10.6. The number of hydrogen-bond donors (Lipinski definition) is 0. The summed E-state index contributed by atoms with van der Waals surface area (Å²) < 4.78 is 0. The average molecular weight is 1070 g/mol. The molecule has 1 atom stereocenters. The van der Waals surface area contributed by atoms with Gasteiger partial charge >= 0.3 is 44.8 Å². The first-order valence-corrected chi connectivity index (χ1v) is 23.1. The first-order chi connectivity index (χ1) is 28.2. The fourth-order valence-electron chi connectivity index (χ4n) is 8.10. The predicted octanol–water partition coefficient (Wildman–Crippen LogP) is 12.0. The smallest absolute Gasteiger partial charge is 0.366 e. The van der Waals surface area contributed by atoms with E-state index in [9.17, 15) is 0 Å². The van der Waals surface area contributed by atoms with E-state index in [4.69, 9.17) is 12.8 Å². The molecule has 1 unspecified atom stereocenters. The molecule has 59 heavy (non-hydrogen) atoms. The van der Waals surface area contributed by atoms with Gasteiger partial charge in [0.2, 0.25) is 0 Å². The number of rotatable bonds is 6. The Balaban J connectivity index is 0.000000156. The molecule has 3 aliphatic rings. The molecule has 0 aromatic heterocycles. The summed E-state index contributed by atoms with van der Waals surface area (Å²) in [5.74, 6) is 6.15. The van der Waals surface area contributed by atoms with Crippen LogP contribution in [0.4, 0.5) is 0 Å². The van der Waals surface area contributed by atoms with Crippen LogP contribution in [0.5, 0.6) is 0 Å². The van der Waals surface area contributed by atoms with Gasteiger partial charge in [0, 0.05) is 0 Å². The molecule has 10 rings (SSSR count). The molecule has 0 N–H and O–H groups in total. The third-order valence-corrected chi connectivity index (χ3v) is 17.9. The maximum atomic E-state index is 7.14. The molecule has 0 fully saturated rings. The van der Waals surface area contributed by atoms with Crippen LogP contribution in [0.1, 0.15) is 46.2 Å². The summed E-state index contributed by atoms with van der Waals surface area (Å²) in [7, 11) is -1.62. The van der Waals surface area contributed by atoms with Gasteiger partial charge < -0.3 is 12.8 Å². The molecule has 294 valence electrons. The molecule has 0 amide bonds. The zero-order valence-electron chi connectivity index (χ0n) is 32.6. The molecule has 0 spiro atoms. The largest absolute Gasteiger partial charge is 1.00 e. The monoisotopic (exact) mass is 1070 g/mol. The van der Waals surface area contributed by atoms with Crippen LogP contribution in [-0.2, 0) is 57.6 Å². The van der Waals surface area contributed by atoms with Gasteiger partial charge in [0.1, 0.15) is 31.8 Å². The van der Waals surface area contributed by atoms with Gasteiger partial charge in [0.05, 0.1) is 5.31 Å². The minimum absolute atomic E-state index is 0. The van der Waals surface area contributed by atoms with Gasteiger partial charge in [0.15, 0.2) is 5.90 Å². The zero-order chi connectivity index (χ0) is 38.8. The van der Waals surface area contributed by atoms with Gasteiger partial charge in [-0.1, -0.05) is 127 Å². The summed E-state index contributed by atoms with van der Waals surface area (Å²) in [6.07, 6.45) is 25.9. The first-order valence-electron chi connectivity index (χ1n) is 19.7. The molecule has 7 aromatic rings. The summed E-state index contributed by atoms with van der Waals surface area (Å²) in [4.78, 5) is 0. The number of hydrogen-bond acceptors (Lipinski definition) is 0. The second-order valence-corrected chi connectivity index (χ2v) is 20.2. The maximum absolute atomic E-state index is 7.14. The Labute approximate surface area is 384 Å². The Morgan fingerprint density at radius 2 is 0.898 bits per heavy atom. The summed E-state index contributed by atoms with van der Waals surface area (Å²) in [6, 6.07) is 62.7. The summed E-state index contributed by atoms with van der Waals surface area (Å²) in [6.45, 7) is 0. The molecule has 0 aliphatic heterocycles. The van der Waals surface area contributed by atoms with Gasteiger partial charge in [-0.2, -0.15) is 0 Å². The van der Waals surface area contributed by atoms with Crippen LogP contribution in [0.25, 0.3) is 22.3 Å². The Morgan fingerprint density at radius 1 is 0.441 bits per heavy atom. The van der Waals surface area contributed by atoms with Crippen LogP contribution >= 0.6 is 15.8 Å². The van der Waals surface area contributed by atoms with E-state index >= 15 is 0 Å². The second-order valence-electron chi connectivity index (χ2n) is 14.5. The van der Waals surface area contributed by atoms with E-state index in [1.165, 1.54) is 79.2 Å². The Hall–Kier alpha value is -4.52. The third-order valence-electron chi connectivity index (χ3n) is 10.9. The summed E-state index contributed by atoms with van der Waals surface area (Å²) in [5, 5.41) is 6.17. The van der Waals surface area contributed by atoms with Crippen molar-refractivity contribution in [3.63, 3.8) is 0 Å². The van der Waals surface area contributed by atoms with Crippen LogP contribution in [0.3, 0.4) is 0 Å². The van der Waals surface area contributed by atoms with E-state index in [2.05, 4.69) is 188 Å². The van der Waals surface area contributed by atoms with Crippen LogP contribution in [-0.4, -0.2) is 5.90 Å². The van der Waals surface area contributed by atoms with Crippen LogP contribution in [0, 0.1) is 24.7 Å². The standard InChI is InChI=1S/C25H24P2.2C15H9.Ag.Au/c1-5-13-22(14-6-1)26(23-15-7-2-8-16-23)21-27(24-17-9-3-10-18-24)25-19-11-4-12-20-25;1-2-11-7-8-15-13(9-11)10-12-5-3-4-6-14(12)15;1-2-11-7-8-13-10-12-5-3-4-6-14(12)15(13)9-11;;/h1-3,5-11,13-20H,4,12,21H2;2*3-9H,10H2;;/q;2*-1;2*+1/p+2. The van der Waals surface area contributed by atoms with Crippen LogP contribution in [0.15, 0.2) is 199 Å². The number of benzene rings is 7. The fourth-order valence-corrected chi connectivity index (χ4v) is 15.9. The quantitative estimate of drug-likeness (QED) is 0.0674. The number of fused-ring (bicyclic) bond motifs is 6.